The minimum atomic E-state index is 0.610. The second-order valence-electron chi connectivity index (χ2n) is 3.40. The molecule has 0 aliphatic carbocycles. The fraction of sp³-hybridized carbons (Fsp3) is 0.500. The van der Waals surface area contributed by atoms with E-state index >= 15 is 0 Å². The van der Waals surface area contributed by atoms with Gasteiger partial charge in [-0.3, -0.25) is 0 Å². The molecule has 70 valence electrons. The van der Waals surface area contributed by atoms with Crippen LogP contribution in [0.3, 0.4) is 0 Å². The van der Waals surface area contributed by atoms with Crippen LogP contribution >= 0.6 is 0 Å². The van der Waals surface area contributed by atoms with Crippen LogP contribution in [0, 0.1) is 0 Å². The lowest BCUT2D eigenvalue weighted by atomic mass is 9.92. The van der Waals surface area contributed by atoms with Gasteiger partial charge in [-0.1, -0.05) is 0 Å². The van der Waals surface area contributed by atoms with Crippen molar-refractivity contribution < 1.29 is 4.74 Å². The van der Waals surface area contributed by atoms with Crippen LogP contribution in [0.1, 0.15) is 24.3 Å². The van der Waals surface area contributed by atoms with Gasteiger partial charge in [0.05, 0.1) is 0 Å². The Labute approximate surface area is 77.9 Å². The molecule has 0 unspecified atom stereocenters. The highest BCUT2D eigenvalue weighted by Gasteiger charge is 2.15. The maximum Gasteiger partial charge on any atom is 0.123 e. The Bertz CT molecular complexity index is 282. The molecule has 2 N–H and O–H groups in total. The van der Waals surface area contributed by atoms with Crippen molar-refractivity contribution in [1.29, 1.82) is 0 Å². The summed E-state index contributed by atoms with van der Waals surface area (Å²) in [6, 6.07) is 4.02. The van der Waals surface area contributed by atoms with Gasteiger partial charge in [0.25, 0.3) is 0 Å². The van der Waals surface area contributed by atoms with Crippen molar-refractivity contribution in [3.8, 4) is 0 Å². The van der Waals surface area contributed by atoms with E-state index in [1.807, 2.05) is 12.1 Å². The minimum Gasteiger partial charge on any atom is -0.384 e. The molecule has 3 nitrogen and oxygen atoms in total. The van der Waals surface area contributed by atoms with E-state index < -0.39 is 0 Å². The van der Waals surface area contributed by atoms with E-state index in [1.54, 1.807) is 6.20 Å². The van der Waals surface area contributed by atoms with Crippen molar-refractivity contribution in [1.82, 2.24) is 4.98 Å². The zero-order valence-electron chi connectivity index (χ0n) is 7.57. The molecule has 0 saturated carbocycles. The van der Waals surface area contributed by atoms with Crippen LogP contribution < -0.4 is 5.73 Å². The van der Waals surface area contributed by atoms with Crippen LogP contribution in [0.5, 0.6) is 0 Å². The second-order valence-corrected chi connectivity index (χ2v) is 3.40. The number of anilines is 1. The average molecular weight is 178 g/mol. The molecule has 0 amide bonds. The van der Waals surface area contributed by atoms with Gasteiger partial charge >= 0.3 is 0 Å². The van der Waals surface area contributed by atoms with Crippen LogP contribution in [0.15, 0.2) is 18.3 Å². The van der Waals surface area contributed by atoms with Gasteiger partial charge in [-0.05, 0) is 36.5 Å². The summed E-state index contributed by atoms with van der Waals surface area (Å²) in [7, 11) is 0. The van der Waals surface area contributed by atoms with Gasteiger partial charge in [-0.25, -0.2) is 4.98 Å². The van der Waals surface area contributed by atoms with Crippen molar-refractivity contribution in [3.05, 3.63) is 23.9 Å². The average Bonchev–Trinajstić information content (AvgIpc) is 2.19. The normalized spacial score (nSPS) is 18.8. The molecular weight excluding hydrogens is 164 g/mol. The highest BCUT2D eigenvalue weighted by atomic mass is 16.5. The lowest BCUT2D eigenvalue weighted by Crippen LogP contribution is -2.14. The van der Waals surface area contributed by atoms with Crippen LogP contribution in [-0.4, -0.2) is 18.2 Å². The van der Waals surface area contributed by atoms with Crippen LogP contribution in [0.25, 0.3) is 0 Å². The molecule has 2 heterocycles. The molecule has 1 fully saturated rings. The van der Waals surface area contributed by atoms with E-state index in [0.29, 0.717) is 11.7 Å². The highest BCUT2D eigenvalue weighted by Crippen LogP contribution is 2.26. The summed E-state index contributed by atoms with van der Waals surface area (Å²) in [6.45, 7) is 1.74. The van der Waals surface area contributed by atoms with Gasteiger partial charge in [0.15, 0.2) is 0 Å². The summed E-state index contributed by atoms with van der Waals surface area (Å²) in [5, 5.41) is 0. The third-order valence-corrected chi connectivity index (χ3v) is 2.50. The monoisotopic (exact) mass is 178 g/mol. The van der Waals surface area contributed by atoms with Crippen molar-refractivity contribution in [2.24, 2.45) is 0 Å². The molecule has 1 aromatic rings. The van der Waals surface area contributed by atoms with Crippen molar-refractivity contribution in [3.63, 3.8) is 0 Å². The molecule has 1 saturated heterocycles. The van der Waals surface area contributed by atoms with Crippen LogP contribution in [0.4, 0.5) is 5.82 Å². The number of rotatable bonds is 1. The lowest BCUT2D eigenvalue weighted by Gasteiger charge is -2.22. The number of ether oxygens (including phenoxy) is 1. The lowest BCUT2D eigenvalue weighted by molar-refractivity contribution is 0.0853. The first-order valence-corrected chi connectivity index (χ1v) is 4.65. The standard InChI is InChI=1S/C10H14N2O/c11-10-7-9(1-4-12-10)8-2-5-13-6-3-8/h1,4,7-8H,2-3,5-6H2,(H2,11,12). The highest BCUT2D eigenvalue weighted by molar-refractivity contribution is 5.33. The topological polar surface area (TPSA) is 48.1 Å². The molecule has 1 aliphatic heterocycles. The molecule has 1 aliphatic rings. The van der Waals surface area contributed by atoms with Gasteiger partial charge in [-0.2, -0.15) is 0 Å². The smallest absolute Gasteiger partial charge is 0.123 e. The molecule has 0 atom stereocenters. The maximum atomic E-state index is 5.62. The number of nitrogens with two attached hydrogens (primary N) is 1. The number of hydrogen-bond donors (Lipinski definition) is 1. The number of aromatic nitrogens is 1. The second kappa shape index (κ2) is 3.75. The molecule has 0 aromatic carbocycles. The Hall–Kier alpha value is -1.09. The third kappa shape index (κ3) is 1.98. The first-order chi connectivity index (χ1) is 6.36. The number of nitrogens with zero attached hydrogens (tertiary/aromatic N) is 1. The number of nitrogen functional groups attached to an aromatic ring is 1. The zero-order chi connectivity index (χ0) is 9.10. The predicted octanol–water partition coefficient (Wildman–Crippen LogP) is 1.56. The van der Waals surface area contributed by atoms with E-state index in [4.69, 9.17) is 10.5 Å². The Morgan fingerprint density at radius 3 is 2.85 bits per heavy atom. The summed E-state index contributed by atoms with van der Waals surface area (Å²) >= 11 is 0. The largest absolute Gasteiger partial charge is 0.384 e. The summed E-state index contributed by atoms with van der Waals surface area (Å²) < 4.78 is 5.30. The fourth-order valence-corrected chi connectivity index (χ4v) is 1.75. The van der Waals surface area contributed by atoms with Gasteiger partial charge < -0.3 is 10.5 Å². The Morgan fingerprint density at radius 1 is 1.38 bits per heavy atom. The minimum absolute atomic E-state index is 0.610. The van der Waals surface area contributed by atoms with Gasteiger partial charge in [0, 0.05) is 19.4 Å². The van der Waals surface area contributed by atoms with Crippen molar-refractivity contribution in [2.75, 3.05) is 18.9 Å². The molecule has 2 rings (SSSR count). The molecule has 1 aromatic heterocycles. The summed E-state index contributed by atoms with van der Waals surface area (Å²) in [5.41, 5.74) is 6.92. The first-order valence-electron chi connectivity index (χ1n) is 4.65. The number of pyridine rings is 1. The molecule has 3 heteroatoms. The fourth-order valence-electron chi connectivity index (χ4n) is 1.75. The van der Waals surface area contributed by atoms with Gasteiger partial charge in [0.2, 0.25) is 0 Å². The van der Waals surface area contributed by atoms with E-state index in [-0.39, 0.29) is 0 Å². The molecule has 0 bridgehead atoms. The van der Waals surface area contributed by atoms with E-state index in [9.17, 15) is 0 Å². The van der Waals surface area contributed by atoms with Crippen molar-refractivity contribution >= 4 is 5.82 Å². The number of hydrogen-bond acceptors (Lipinski definition) is 3. The summed E-state index contributed by atoms with van der Waals surface area (Å²) in [5.74, 6) is 1.23. The molecule has 13 heavy (non-hydrogen) atoms. The third-order valence-electron chi connectivity index (χ3n) is 2.50. The van der Waals surface area contributed by atoms with E-state index in [0.717, 1.165) is 26.1 Å². The SMILES string of the molecule is Nc1cc(C2CCOCC2)ccn1. The quantitative estimate of drug-likeness (QED) is 0.710. The predicted molar refractivity (Wildman–Crippen MR) is 51.4 cm³/mol. The van der Waals surface area contributed by atoms with Gasteiger partial charge in [0.1, 0.15) is 5.82 Å². The van der Waals surface area contributed by atoms with E-state index in [2.05, 4.69) is 4.98 Å². The van der Waals surface area contributed by atoms with Crippen LogP contribution in [-0.2, 0) is 4.74 Å². The van der Waals surface area contributed by atoms with Crippen LogP contribution in [0.2, 0.25) is 0 Å². The maximum absolute atomic E-state index is 5.62. The summed E-state index contributed by atoms with van der Waals surface area (Å²) in [6.07, 6.45) is 3.98. The Kier molecular flexibility index (Phi) is 2.45. The molecule has 0 radical (unpaired) electrons. The summed E-state index contributed by atoms with van der Waals surface area (Å²) in [4.78, 5) is 3.98. The molecular formula is C10H14N2O. The van der Waals surface area contributed by atoms with Crippen molar-refractivity contribution in [2.45, 2.75) is 18.8 Å². The van der Waals surface area contributed by atoms with E-state index in [1.165, 1.54) is 5.56 Å². The van der Waals surface area contributed by atoms with Gasteiger partial charge in [-0.15, -0.1) is 0 Å². The Balaban J connectivity index is 2.14. The zero-order valence-corrected chi connectivity index (χ0v) is 7.57. The Morgan fingerprint density at radius 2 is 2.15 bits per heavy atom. The first kappa shape index (κ1) is 8.51. The molecule has 0 spiro atoms.